The number of hydrogen-bond donors (Lipinski definition) is 0. The molecule has 2 aromatic rings. The van der Waals surface area contributed by atoms with Crippen molar-refractivity contribution < 1.29 is 22.5 Å². The fourth-order valence-corrected chi connectivity index (χ4v) is 2.15. The van der Waals surface area contributed by atoms with E-state index in [4.69, 9.17) is 0 Å². The number of esters is 1. The lowest BCUT2D eigenvalue weighted by molar-refractivity contribution is -0.136. The van der Waals surface area contributed by atoms with E-state index >= 15 is 0 Å². The van der Waals surface area contributed by atoms with Gasteiger partial charge in [0.25, 0.3) is 0 Å². The molecule has 0 heterocycles. The highest BCUT2D eigenvalue weighted by atomic mass is 19.4. The molecule has 0 unspecified atom stereocenters. The second-order valence-corrected chi connectivity index (χ2v) is 4.64. The molecule has 2 rings (SSSR count). The summed E-state index contributed by atoms with van der Waals surface area (Å²) in [6.45, 7) is -5.11. The fourth-order valence-electron chi connectivity index (χ4n) is 2.15. The van der Waals surface area contributed by atoms with Crippen molar-refractivity contribution in [2.75, 3.05) is 7.11 Å². The second-order valence-electron chi connectivity index (χ2n) is 4.64. The summed E-state index contributed by atoms with van der Waals surface area (Å²) < 4.78 is 42.3. The predicted octanol–water partition coefficient (Wildman–Crippen LogP) is 4.24. The number of benzene rings is 2. The zero-order chi connectivity index (χ0) is 15.5. The number of halogens is 3. The summed E-state index contributed by atoms with van der Waals surface area (Å²) in [4.78, 5) is 11.5. The Morgan fingerprint density at radius 1 is 1.14 bits per heavy atom. The van der Waals surface area contributed by atoms with Crippen LogP contribution in [0.15, 0.2) is 48.0 Å². The molecule has 0 aliphatic carbocycles. The van der Waals surface area contributed by atoms with Gasteiger partial charge in [0.05, 0.1) is 7.11 Å². The SMILES string of the molecule is COC(=O)/C(=C/c1cccc2ccccc12)C[B-](F)(F)F. The molecule has 6 heteroatoms. The maximum absolute atomic E-state index is 12.6. The Morgan fingerprint density at radius 3 is 2.48 bits per heavy atom. The highest BCUT2D eigenvalue weighted by Crippen LogP contribution is 2.26. The van der Waals surface area contributed by atoms with Crippen LogP contribution in [0.2, 0.25) is 6.32 Å². The molecular weight excluding hydrogens is 280 g/mol. The first-order valence-electron chi connectivity index (χ1n) is 6.38. The third-order valence-electron chi connectivity index (χ3n) is 3.05. The van der Waals surface area contributed by atoms with E-state index in [1.54, 1.807) is 24.3 Å². The van der Waals surface area contributed by atoms with E-state index in [1.807, 2.05) is 18.2 Å². The number of rotatable bonds is 4. The summed E-state index contributed by atoms with van der Waals surface area (Å²) >= 11 is 0. The van der Waals surface area contributed by atoms with Crippen LogP contribution in [0.3, 0.4) is 0 Å². The normalized spacial score (nSPS) is 12.5. The first-order valence-corrected chi connectivity index (χ1v) is 6.38. The van der Waals surface area contributed by atoms with Gasteiger partial charge >= 0.3 is 12.9 Å². The van der Waals surface area contributed by atoms with Crippen LogP contribution < -0.4 is 0 Å². The first-order chi connectivity index (χ1) is 9.90. The molecule has 0 N–H and O–H groups in total. The maximum Gasteiger partial charge on any atom is 0.482 e. The largest absolute Gasteiger partial charge is 0.482 e. The molecule has 0 amide bonds. The van der Waals surface area contributed by atoms with Gasteiger partial charge in [-0.3, -0.25) is 0 Å². The van der Waals surface area contributed by atoms with Crippen LogP contribution in [-0.4, -0.2) is 20.1 Å². The maximum atomic E-state index is 12.6. The van der Waals surface area contributed by atoms with Crippen LogP contribution in [0.5, 0.6) is 0 Å². The molecule has 0 aliphatic rings. The number of carbonyl (C=O) groups is 1. The van der Waals surface area contributed by atoms with Crippen LogP contribution in [0.1, 0.15) is 5.56 Å². The summed E-state index contributed by atoms with van der Waals surface area (Å²) in [7, 11) is 1.07. The molecular formula is C15H13BF3O2-. The van der Waals surface area contributed by atoms with Gasteiger partial charge in [0, 0.05) is 5.57 Å². The van der Waals surface area contributed by atoms with E-state index < -0.39 is 19.3 Å². The molecule has 0 radical (unpaired) electrons. The number of ether oxygens (including phenoxy) is 1. The van der Waals surface area contributed by atoms with E-state index in [0.717, 1.165) is 17.9 Å². The van der Waals surface area contributed by atoms with Gasteiger partial charge in [-0.15, -0.1) is 0 Å². The molecule has 0 bridgehead atoms. The van der Waals surface area contributed by atoms with Crippen molar-refractivity contribution in [2.24, 2.45) is 0 Å². The van der Waals surface area contributed by atoms with Crippen LogP contribution in [0.4, 0.5) is 12.9 Å². The molecule has 21 heavy (non-hydrogen) atoms. The van der Waals surface area contributed by atoms with E-state index in [1.165, 1.54) is 6.08 Å². The molecule has 2 nitrogen and oxygen atoms in total. The molecule has 0 spiro atoms. The standard InChI is InChI=1S/C15H13BF3O2/c1-21-15(20)13(10-16(17,18)19)9-12-7-4-6-11-5-2-3-8-14(11)12/h2-9H,10H2,1H3/q-1/b13-9+. The Morgan fingerprint density at radius 2 is 1.81 bits per heavy atom. The molecule has 0 fully saturated rings. The second kappa shape index (κ2) is 6.03. The molecule has 0 aromatic heterocycles. The van der Waals surface area contributed by atoms with Gasteiger partial charge in [-0.2, -0.15) is 0 Å². The summed E-state index contributed by atoms with van der Waals surface area (Å²) in [6, 6.07) is 12.6. The van der Waals surface area contributed by atoms with Crippen molar-refractivity contribution in [1.29, 1.82) is 0 Å². The van der Waals surface area contributed by atoms with Crippen molar-refractivity contribution in [2.45, 2.75) is 6.32 Å². The Balaban J connectivity index is 2.51. The Kier molecular flexibility index (Phi) is 4.36. The van der Waals surface area contributed by atoms with Crippen molar-refractivity contribution in [3.8, 4) is 0 Å². The van der Waals surface area contributed by atoms with Gasteiger partial charge in [0.2, 0.25) is 0 Å². The monoisotopic (exact) mass is 293 g/mol. The number of fused-ring (bicyclic) bond motifs is 1. The quantitative estimate of drug-likeness (QED) is 0.478. The van der Waals surface area contributed by atoms with E-state index in [0.29, 0.717) is 5.56 Å². The minimum Gasteiger partial charge on any atom is -0.466 e. The molecule has 110 valence electrons. The first kappa shape index (κ1) is 15.2. The smallest absolute Gasteiger partial charge is 0.466 e. The Bertz CT molecular complexity index is 687. The third kappa shape index (κ3) is 3.87. The van der Waals surface area contributed by atoms with Crippen molar-refractivity contribution >= 4 is 29.8 Å². The lowest BCUT2D eigenvalue weighted by Crippen LogP contribution is -2.19. The fraction of sp³-hybridized carbons (Fsp3) is 0.133. The van der Waals surface area contributed by atoms with Gasteiger partial charge in [-0.1, -0.05) is 48.8 Å². The lowest BCUT2D eigenvalue weighted by atomic mass is 9.80. The number of hydrogen-bond acceptors (Lipinski definition) is 2. The minimum atomic E-state index is -5.11. The number of carbonyl (C=O) groups excluding carboxylic acids is 1. The highest BCUT2D eigenvalue weighted by molar-refractivity contribution is 6.60. The average molecular weight is 293 g/mol. The number of methoxy groups -OCH3 is 1. The third-order valence-corrected chi connectivity index (χ3v) is 3.05. The Hall–Kier alpha value is -2.24. The zero-order valence-corrected chi connectivity index (χ0v) is 11.4. The van der Waals surface area contributed by atoms with E-state index in [-0.39, 0.29) is 5.57 Å². The van der Waals surface area contributed by atoms with Crippen molar-refractivity contribution in [3.05, 3.63) is 53.6 Å². The molecule has 0 saturated heterocycles. The highest BCUT2D eigenvalue weighted by Gasteiger charge is 2.27. The summed E-state index contributed by atoms with van der Waals surface area (Å²) in [5.74, 6) is -0.956. The van der Waals surface area contributed by atoms with E-state index in [2.05, 4.69) is 4.74 Å². The minimum absolute atomic E-state index is 0.388. The van der Waals surface area contributed by atoms with Crippen molar-refractivity contribution in [1.82, 2.24) is 0 Å². The molecule has 0 aliphatic heterocycles. The lowest BCUT2D eigenvalue weighted by Gasteiger charge is -2.15. The average Bonchev–Trinajstić information content (AvgIpc) is 2.44. The summed E-state index contributed by atoms with van der Waals surface area (Å²) in [5.41, 5.74) is 0.176. The molecule has 0 saturated carbocycles. The summed E-state index contributed by atoms with van der Waals surface area (Å²) in [5, 5.41) is 1.68. The van der Waals surface area contributed by atoms with Crippen LogP contribution >= 0.6 is 0 Å². The van der Waals surface area contributed by atoms with Gasteiger partial charge in [-0.25, -0.2) is 4.79 Å². The topological polar surface area (TPSA) is 26.3 Å². The van der Waals surface area contributed by atoms with Gasteiger partial charge in [0.1, 0.15) is 0 Å². The summed E-state index contributed by atoms with van der Waals surface area (Å²) in [6.07, 6.45) is -0.000693. The van der Waals surface area contributed by atoms with Gasteiger partial charge in [-0.05, 0) is 22.4 Å². The predicted molar refractivity (Wildman–Crippen MR) is 77.8 cm³/mol. The zero-order valence-electron chi connectivity index (χ0n) is 11.4. The van der Waals surface area contributed by atoms with Crippen molar-refractivity contribution in [3.63, 3.8) is 0 Å². The van der Waals surface area contributed by atoms with Crippen LogP contribution in [-0.2, 0) is 9.53 Å². The van der Waals surface area contributed by atoms with Gasteiger partial charge in [0.15, 0.2) is 0 Å². The van der Waals surface area contributed by atoms with E-state index in [9.17, 15) is 17.7 Å². The van der Waals surface area contributed by atoms with Gasteiger partial charge < -0.3 is 17.7 Å². The van der Waals surface area contributed by atoms with Crippen LogP contribution in [0.25, 0.3) is 16.8 Å². The Labute approximate surface area is 120 Å². The molecule has 0 atom stereocenters. The van der Waals surface area contributed by atoms with Crippen LogP contribution in [0, 0.1) is 0 Å². The molecule has 2 aromatic carbocycles.